The monoisotopic (exact) mass is 659 g/mol. The summed E-state index contributed by atoms with van der Waals surface area (Å²) >= 11 is 0. The molecule has 0 saturated carbocycles. The maximum Gasteiger partial charge on any atom is 0.317 e. The Morgan fingerprint density at radius 1 is 0.745 bits per heavy atom. The van der Waals surface area contributed by atoms with Crippen LogP contribution in [0.15, 0.2) is 36.4 Å². The summed E-state index contributed by atoms with van der Waals surface area (Å²) in [7, 11) is 0. The number of imide groups is 1. The average Bonchev–Trinajstić information content (AvgIpc) is 3.27. The highest BCUT2D eigenvalue weighted by Gasteiger charge is 2.27. The van der Waals surface area contributed by atoms with E-state index in [1.54, 1.807) is 24.3 Å². The molecule has 0 aromatic heterocycles. The minimum atomic E-state index is -1.19. The van der Waals surface area contributed by atoms with Crippen molar-refractivity contribution >= 4 is 52.9 Å². The Morgan fingerprint density at radius 3 is 1.81 bits per heavy atom. The number of nitrogens with one attached hydrogen (secondary N) is 1. The van der Waals surface area contributed by atoms with Crippen molar-refractivity contribution < 1.29 is 53.7 Å². The molecule has 0 saturated heterocycles. The summed E-state index contributed by atoms with van der Waals surface area (Å²) in [4.78, 5) is 99.6. The van der Waals surface area contributed by atoms with Crippen LogP contribution in [0, 0.1) is 0 Å². The lowest BCUT2D eigenvalue weighted by Crippen LogP contribution is -2.51. The Balaban J connectivity index is 2.17. The van der Waals surface area contributed by atoms with Crippen molar-refractivity contribution in [3.63, 3.8) is 0 Å². The molecule has 0 bridgehead atoms. The zero-order chi connectivity index (χ0) is 35.1. The quantitative estimate of drug-likeness (QED) is 0.110. The number of ketones is 2. The summed E-state index contributed by atoms with van der Waals surface area (Å²) in [5, 5.41) is 31.1. The fourth-order valence-corrected chi connectivity index (χ4v) is 5.08. The Morgan fingerprint density at radius 2 is 1.28 bits per heavy atom. The Labute approximate surface area is 271 Å². The number of carbonyl (C=O) groups excluding carboxylic acids is 5. The first-order valence-corrected chi connectivity index (χ1v) is 14.9. The van der Waals surface area contributed by atoms with Gasteiger partial charge in [0.15, 0.2) is 0 Å². The van der Waals surface area contributed by atoms with Gasteiger partial charge in [0.2, 0.25) is 5.91 Å². The van der Waals surface area contributed by atoms with E-state index in [2.05, 4.69) is 5.32 Å². The van der Waals surface area contributed by atoms with Gasteiger partial charge >= 0.3 is 17.9 Å². The predicted molar refractivity (Wildman–Crippen MR) is 166 cm³/mol. The molecule has 1 heterocycles. The second-order valence-electron chi connectivity index (χ2n) is 11.3. The number of nitrogens with zero attached hydrogens (tertiary/aromatic N) is 4. The van der Waals surface area contributed by atoms with Crippen LogP contribution in [0.5, 0.6) is 0 Å². The number of rotatable bonds is 23. The van der Waals surface area contributed by atoms with Crippen LogP contribution in [0.2, 0.25) is 0 Å². The number of aliphatic carboxylic acids is 3. The smallest absolute Gasteiger partial charge is 0.317 e. The Hall–Kier alpha value is -4.80. The van der Waals surface area contributed by atoms with Crippen LogP contribution in [0.25, 0.3) is 0 Å². The molecule has 16 heteroatoms. The van der Waals surface area contributed by atoms with Crippen LogP contribution in [0.1, 0.15) is 32.3 Å². The lowest BCUT2D eigenvalue weighted by atomic mass is 10.0. The molecule has 1 aromatic carbocycles. The summed E-state index contributed by atoms with van der Waals surface area (Å²) in [6, 6.07) is 6.00. The molecule has 1 atom stereocenters. The summed E-state index contributed by atoms with van der Waals surface area (Å²) in [6.45, 7) is 1.07. The second-order valence-corrected chi connectivity index (χ2v) is 11.3. The van der Waals surface area contributed by atoms with E-state index in [0.717, 1.165) is 4.90 Å². The number of carboxylic acid groups (broad SMARTS) is 3. The number of Topliss-reactive ketones (excluding diaryl/α,β-unsaturated/α-hetero) is 2. The third-order valence-electron chi connectivity index (χ3n) is 7.04. The number of hydrogen-bond donors (Lipinski definition) is 4. The third kappa shape index (κ3) is 14.9. The van der Waals surface area contributed by atoms with Crippen LogP contribution in [0.3, 0.4) is 0 Å². The number of carboxylic acids is 3. The van der Waals surface area contributed by atoms with Gasteiger partial charge in [0.05, 0.1) is 32.7 Å². The molecule has 0 fully saturated rings. The minimum Gasteiger partial charge on any atom is -0.480 e. The van der Waals surface area contributed by atoms with E-state index in [-0.39, 0.29) is 76.0 Å². The number of anilines is 1. The lowest BCUT2D eigenvalue weighted by Gasteiger charge is -2.34. The van der Waals surface area contributed by atoms with Gasteiger partial charge in [0.1, 0.15) is 11.6 Å². The number of hydrogen-bond acceptors (Lipinski definition) is 11. The fraction of sp³-hybridized carbons (Fsp3) is 0.484. The van der Waals surface area contributed by atoms with Gasteiger partial charge in [0, 0.05) is 56.5 Å². The van der Waals surface area contributed by atoms with Crippen molar-refractivity contribution in [1.82, 2.24) is 19.6 Å². The van der Waals surface area contributed by atoms with Gasteiger partial charge in [-0.15, -0.1) is 0 Å². The summed E-state index contributed by atoms with van der Waals surface area (Å²) in [5.41, 5.74) is 1.16. The maximum absolute atomic E-state index is 12.4. The first-order chi connectivity index (χ1) is 22.1. The van der Waals surface area contributed by atoms with Crippen molar-refractivity contribution in [3.8, 4) is 0 Å². The zero-order valence-electron chi connectivity index (χ0n) is 26.4. The molecule has 1 aliphatic heterocycles. The summed E-state index contributed by atoms with van der Waals surface area (Å²) < 4.78 is 0. The van der Waals surface area contributed by atoms with Gasteiger partial charge in [-0.25, -0.2) is 0 Å². The SMILES string of the molecule is CC(=O)CN(CCN(CC(=O)O)CC(Cc1ccc(NC(=O)CCCN2C(=O)C=CC2=O)cc1)N(CC(C)=O)CC(=O)O)CC(=O)O. The molecular formula is C31H41N5O11. The summed E-state index contributed by atoms with van der Waals surface area (Å²) in [5.74, 6) is -5.27. The molecule has 2 rings (SSSR count). The van der Waals surface area contributed by atoms with E-state index in [9.17, 15) is 53.7 Å². The van der Waals surface area contributed by atoms with Gasteiger partial charge in [-0.05, 0) is 44.4 Å². The van der Waals surface area contributed by atoms with Crippen LogP contribution in [-0.4, -0.2) is 147 Å². The second kappa shape index (κ2) is 19.0. The van der Waals surface area contributed by atoms with Crippen molar-refractivity contribution in [1.29, 1.82) is 0 Å². The highest BCUT2D eigenvalue weighted by Crippen LogP contribution is 2.16. The van der Waals surface area contributed by atoms with E-state index in [1.807, 2.05) is 0 Å². The summed E-state index contributed by atoms with van der Waals surface area (Å²) in [6.07, 6.45) is 2.88. The molecule has 1 unspecified atom stereocenters. The minimum absolute atomic E-state index is 0.00384. The standard InChI is InChI=1S/C31H41N5O11/c1-21(37)15-33(18-29(42)43)12-13-34(19-30(44)45)17-25(35(16-22(2)38)20-31(46)47)14-23-5-7-24(8-6-23)32-26(39)4-3-11-36-27(40)9-10-28(36)41/h5-10,25H,3-4,11-20H2,1-2H3,(H,32,39)(H,42,43)(H,44,45)(H,46,47). The molecule has 1 aliphatic rings. The van der Waals surface area contributed by atoms with Crippen LogP contribution < -0.4 is 5.32 Å². The van der Waals surface area contributed by atoms with E-state index in [0.29, 0.717) is 11.3 Å². The molecule has 4 N–H and O–H groups in total. The van der Waals surface area contributed by atoms with Crippen molar-refractivity contribution in [3.05, 3.63) is 42.0 Å². The van der Waals surface area contributed by atoms with E-state index in [1.165, 1.54) is 40.7 Å². The van der Waals surface area contributed by atoms with Crippen LogP contribution >= 0.6 is 0 Å². The molecular weight excluding hydrogens is 618 g/mol. The molecule has 256 valence electrons. The van der Waals surface area contributed by atoms with Gasteiger partial charge in [-0.3, -0.25) is 58.0 Å². The van der Waals surface area contributed by atoms with Gasteiger partial charge in [-0.2, -0.15) is 0 Å². The maximum atomic E-state index is 12.4. The molecule has 47 heavy (non-hydrogen) atoms. The third-order valence-corrected chi connectivity index (χ3v) is 7.04. The lowest BCUT2D eigenvalue weighted by molar-refractivity contribution is -0.141. The molecule has 0 aliphatic carbocycles. The van der Waals surface area contributed by atoms with E-state index >= 15 is 0 Å². The van der Waals surface area contributed by atoms with Crippen molar-refractivity contribution in [2.24, 2.45) is 0 Å². The van der Waals surface area contributed by atoms with Gasteiger partial charge in [0.25, 0.3) is 11.8 Å². The Bertz CT molecular complexity index is 1310. The first kappa shape index (κ1) is 38.4. The van der Waals surface area contributed by atoms with E-state index < -0.39 is 55.4 Å². The number of amides is 3. The Kier molecular flexibility index (Phi) is 15.5. The first-order valence-electron chi connectivity index (χ1n) is 14.9. The average molecular weight is 660 g/mol. The van der Waals surface area contributed by atoms with Crippen molar-refractivity contribution in [2.75, 3.05) is 64.2 Å². The molecule has 3 amide bonds. The largest absolute Gasteiger partial charge is 0.480 e. The van der Waals surface area contributed by atoms with Crippen LogP contribution in [-0.2, 0) is 44.8 Å². The zero-order valence-corrected chi connectivity index (χ0v) is 26.4. The van der Waals surface area contributed by atoms with Gasteiger partial charge in [-0.1, -0.05) is 12.1 Å². The number of benzene rings is 1. The van der Waals surface area contributed by atoms with Crippen molar-refractivity contribution in [2.45, 2.75) is 39.2 Å². The molecule has 0 radical (unpaired) electrons. The molecule has 1 aromatic rings. The predicted octanol–water partition coefficient (Wildman–Crippen LogP) is -0.421. The molecule has 16 nitrogen and oxygen atoms in total. The highest BCUT2D eigenvalue weighted by atomic mass is 16.4. The van der Waals surface area contributed by atoms with Crippen LogP contribution in [0.4, 0.5) is 5.69 Å². The van der Waals surface area contributed by atoms with Gasteiger partial charge < -0.3 is 20.6 Å². The fourth-order valence-electron chi connectivity index (χ4n) is 5.08. The van der Waals surface area contributed by atoms with E-state index in [4.69, 9.17) is 0 Å². The normalized spacial score (nSPS) is 13.4. The highest BCUT2D eigenvalue weighted by molar-refractivity contribution is 6.12. The molecule has 0 spiro atoms. The number of carbonyl (C=O) groups is 8. The topological polar surface area (TPSA) is 222 Å².